The first-order valence-electron chi connectivity index (χ1n) is 4.72. The fourth-order valence-corrected chi connectivity index (χ4v) is 1.91. The molecule has 3 nitrogen and oxygen atoms in total. The van der Waals surface area contributed by atoms with E-state index in [-0.39, 0.29) is 12.4 Å². The number of ether oxygens (including phenoxy) is 1. The first-order valence-corrected chi connectivity index (χ1v) is 5.80. The van der Waals surface area contributed by atoms with Crippen LogP contribution in [0.3, 0.4) is 0 Å². The summed E-state index contributed by atoms with van der Waals surface area (Å²) in [5, 5.41) is 4.05. The molecule has 0 saturated carbocycles. The Bertz CT molecular complexity index is 478. The fourth-order valence-electron chi connectivity index (χ4n) is 1.29. The lowest BCUT2D eigenvalue weighted by atomic mass is 10.2. The summed E-state index contributed by atoms with van der Waals surface area (Å²) in [6, 6.07) is 6.70. The molecule has 0 bridgehead atoms. The van der Waals surface area contributed by atoms with E-state index in [2.05, 4.69) is 27.7 Å². The van der Waals surface area contributed by atoms with Gasteiger partial charge in [-0.15, -0.1) is 5.10 Å². The second-order valence-corrected chi connectivity index (χ2v) is 4.48. The monoisotopic (exact) mass is 332 g/mol. The highest BCUT2D eigenvalue weighted by molar-refractivity contribution is 14.1. The van der Waals surface area contributed by atoms with Gasteiger partial charge >= 0.3 is 0 Å². The number of rotatable bonds is 3. The third-order valence-corrected chi connectivity index (χ3v) is 3.13. The predicted molar refractivity (Wildman–Crippen MR) is 66.7 cm³/mol. The van der Waals surface area contributed by atoms with E-state index in [1.54, 1.807) is 30.1 Å². The highest BCUT2D eigenvalue weighted by Gasteiger charge is 2.07. The molecule has 1 heterocycles. The van der Waals surface area contributed by atoms with Crippen LogP contribution in [0.15, 0.2) is 30.5 Å². The molecule has 2 rings (SSSR count). The Morgan fingerprint density at radius 3 is 2.88 bits per heavy atom. The Morgan fingerprint density at radius 1 is 1.44 bits per heavy atom. The normalized spacial score (nSPS) is 10.4. The Balaban J connectivity index is 2.10. The van der Waals surface area contributed by atoms with Gasteiger partial charge in [0.25, 0.3) is 0 Å². The van der Waals surface area contributed by atoms with Crippen LogP contribution in [0.25, 0.3) is 0 Å². The van der Waals surface area contributed by atoms with Gasteiger partial charge in [0.1, 0.15) is 12.4 Å². The second-order valence-electron chi connectivity index (χ2n) is 3.32. The minimum absolute atomic E-state index is 0.196. The van der Waals surface area contributed by atoms with Gasteiger partial charge in [-0.2, -0.15) is 0 Å². The van der Waals surface area contributed by atoms with E-state index in [9.17, 15) is 4.39 Å². The lowest BCUT2D eigenvalue weighted by molar-refractivity contribution is 0.284. The lowest BCUT2D eigenvalue weighted by Crippen LogP contribution is -2.01. The highest BCUT2D eigenvalue weighted by Crippen LogP contribution is 2.18. The molecular weight excluding hydrogens is 322 g/mol. The molecule has 0 radical (unpaired) electrons. The summed E-state index contributed by atoms with van der Waals surface area (Å²) in [5.41, 5.74) is 0.564. The van der Waals surface area contributed by atoms with Crippen LogP contribution in [0.2, 0.25) is 0 Å². The SMILES string of the molecule is Cn1ccc(OCc2c(F)cccc2I)n1. The van der Waals surface area contributed by atoms with E-state index in [4.69, 9.17) is 4.74 Å². The van der Waals surface area contributed by atoms with Gasteiger partial charge in [0, 0.05) is 28.4 Å². The first kappa shape index (κ1) is 11.4. The van der Waals surface area contributed by atoms with Crippen LogP contribution in [0.5, 0.6) is 5.88 Å². The predicted octanol–water partition coefficient (Wildman–Crippen LogP) is 2.74. The average Bonchev–Trinajstić information content (AvgIpc) is 2.63. The van der Waals surface area contributed by atoms with Crippen LogP contribution in [0.4, 0.5) is 4.39 Å². The third-order valence-electron chi connectivity index (χ3n) is 2.12. The zero-order valence-electron chi connectivity index (χ0n) is 8.65. The molecule has 2 aromatic rings. The van der Waals surface area contributed by atoms with Crippen LogP contribution >= 0.6 is 22.6 Å². The maximum absolute atomic E-state index is 13.4. The summed E-state index contributed by atoms with van der Waals surface area (Å²) >= 11 is 2.09. The molecule has 0 atom stereocenters. The van der Waals surface area contributed by atoms with Gasteiger partial charge in [-0.3, -0.25) is 4.68 Å². The van der Waals surface area contributed by atoms with Crippen LogP contribution in [-0.2, 0) is 13.7 Å². The van der Waals surface area contributed by atoms with E-state index in [0.717, 1.165) is 3.57 Å². The summed E-state index contributed by atoms with van der Waals surface area (Å²) < 4.78 is 21.3. The zero-order valence-corrected chi connectivity index (χ0v) is 10.8. The van der Waals surface area contributed by atoms with E-state index < -0.39 is 0 Å². The van der Waals surface area contributed by atoms with Gasteiger partial charge in [-0.25, -0.2) is 4.39 Å². The Kier molecular flexibility index (Phi) is 3.42. The third kappa shape index (κ3) is 2.52. The standard InChI is InChI=1S/C11H10FIN2O/c1-15-6-5-11(14-15)16-7-8-9(12)3-2-4-10(8)13/h2-6H,7H2,1H3. The molecule has 0 unspecified atom stereocenters. The van der Waals surface area contributed by atoms with E-state index in [1.165, 1.54) is 6.07 Å². The lowest BCUT2D eigenvalue weighted by Gasteiger charge is -2.06. The van der Waals surface area contributed by atoms with Crippen LogP contribution in [0.1, 0.15) is 5.56 Å². The van der Waals surface area contributed by atoms with Crippen molar-refractivity contribution in [2.45, 2.75) is 6.61 Å². The topological polar surface area (TPSA) is 27.1 Å². The van der Waals surface area contributed by atoms with Gasteiger partial charge in [0.2, 0.25) is 5.88 Å². The molecule has 16 heavy (non-hydrogen) atoms. The van der Waals surface area contributed by atoms with Crippen molar-refractivity contribution in [2.75, 3.05) is 0 Å². The van der Waals surface area contributed by atoms with Crippen LogP contribution in [0, 0.1) is 9.39 Å². The largest absolute Gasteiger partial charge is 0.472 e. The maximum atomic E-state index is 13.4. The molecule has 0 aliphatic heterocycles. The van der Waals surface area contributed by atoms with Crippen molar-refractivity contribution in [3.63, 3.8) is 0 Å². The van der Waals surface area contributed by atoms with Crippen LogP contribution < -0.4 is 4.74 Å². The number of benzene rings is 1. The number of aryl methyl sites for hydroxylation is 1. The van der Waals surface area contributed by atoms with Crippen molar-refractivity contribution < 1.29 is 9.13 Å². The van der Waals surface area contributed by atoms with Crippen molar-refractivity contribution in [1.82, 2.24) is 9.78 Å². The highest BCUT2D eigenvalue weighted by atomic mass is 127. The second kappa shape index (κ2) is 4.82. The number of hydrogen-bond donors (Lipinski definition) is 0. The number of nitrogens with zero attached hydrogens (tertiary/aromatic N) is 2. The molecule has 1 aromatic heterocycles. The summed E-state index contributed by atoms with van der Waals surface area (Å²) in [5.74, 6) is 0.254. The molecule has 0 aliphatic rings. The van der Waals surface area contributed by atoms with E-state index in [0.29, 0.717) is 11.4 Å². The van der Waals surface area contributed by atoms with Crippen molar-refractivity contribution >= 4 is 22.6 Å². The molecule has 0 fully saturated rings. The summed E-state index contributed by atoms with van der Waals surface area (Å²) in [4.78, 5) is 0. The van der Waals surface area contributed by atoms with Crippen molar-refractivity contribution in [3.8, 4) is 5.88 Å². The van der Waals surface area contributed by atoms with Crippen molar-refractivity contribution in [2.24, 2.45) is 7.05 Å². The van der Waals surface area contributed by atoms with E-state index in [1.807, 2.05) is 6.07 Å². The number of halogens is 2. The van der Waals surface area contributed by atoms with Crippen molar-refractivity contribution in [3.05, 3.63) is 45.4 Å². The van der Waals surface area contributed by atoms with Crippen molar-refractivity contribution in [1.29, 1.82) is 0 Å². The molecule has 5 heteroatoms. The molecule has 0 saturated heterocycles. The van der Waals surface area contributed by atoms with E-state index >= 15 is 0 Å². The first-order chi connectivity index (χ1) is 7.66. The minimum atomic E-state index is -0.247. The number of aromatic nitrogens is 2. The minimum Gasteiger partial charge on any atom is -0.472 e. The zero-order chi connectivity index (χ0) is 11.5. The Labute approximate surface area is 106 Å². The summed E-state index contributed by atoms with van der Waals surface area (Å²) in [6.07, 6.45) is 1.78. The smallest absolute Gasteiger partial charge is 0.233 e. The average molecular weight is 332 g/mol. The molecule has 0 N–H and O–H groups in total. The molecule has 0 amide bonds. The Hall–Kier alpha value is -1.11. The fraction of sp³-hybridized carbons (Fsp3) is 0.182. The molecule has 0 aliphatic carbocycles. The summed E-state index contributed by atoms with van der Waals surface area (Å²) in [6.45, 7) is 0.196. The van der Waals surface area contributed by atoms with Gasteiger partial charge in [-0.05, 0) is 34.7 Å². The van der Waals surface area contributed by atoms with Gasteiger partial charge in [0.15, 0.2) is 0 Å². The van der Waals surface area contributed by atoms with Crippen LogP contribution in [-0.4, -0.2) is 9.78 Å². The van der Waals surface area contributed by atoms with Gasteiger partial charge in [0.05, 0.1) is 0 Å². The molecular formula is C11H10FIN2O. The summed E-state index contributed by atoms with van der Waals surface area (Å²) in [7, 11) is 1.81. The maximum Gasteiger partial charge on any atom is 0.233 e. The van der Waals surface area contributed by atoms with Gasteiger partial charge < -0.3 is 4.74 Å². The molecule has 1 aromatic carbocycles. The quantitative estimate of drug-likeness (QED) is 0.809. The molecule has 0 spiro atoms. The molecule has 84 valence electrons. The number of hydrogen-bond acceptors (Lipinski definition) is 2. The van der Waals surface area contributed by atoms with Gasteiger partial charge in [-0.1, -0.05) is 6.07 Å². The Morgan fingerprint density at radius 2 is 2.25 bits per heavy atom.